The smallest absolute Gasteiger partial charge is 0.246 e. The highest BCUT2D eigenvalue weighted by Gasteiger charge is 2.34. The summed E-state index contributed by atoms with van der Waals surface area (Å²) < 4.78 is 30.2. The van der Waals surface area contributed by atoms with Crippen molar-refractivity contribution in [1.29, 1.82) is 0 Å². The van der Waals surface area contributed by atoms with Gasteiger partial charge in [0.2, 0.25) is 15.9 Å². The van der Waals surface area contributed by atoms with E-state index >= 15 is 0 Å². The average Bonchev–Trinajstić information content (AvgIpc) is 3.09. The van der Waals surface area contributed by atoms with Crippen molar-refractivity contribution in [3.05, 3.63) is 48.9 Å². The molecule has 1 saturated heterocycles. The summed E-state index contributed by atoms with van der Waals surface area (Å²) in [6, 6.07) is 7.59. The molecule has 1 aliphatic rings. The van der Waals surface area contributed by atoms with Gasteiger partial charge in [-0.2, -0.15) is 9.82 Å². The summed E-state index contributed by atoms with van der Waals surface area (Å²) in [6.45, 7) is 0.522. The van der Waals surface area contributed by atoms with Gasteiger partial charge >= 0.3 is 0 Å². The molecule has 4 rings (SSSR count). The summed E-state index contributed by atoms with van der Waals surface area (Å²) in [5.74, 6) is 0.244. The van der Waals surface area contributed by atoms with Crippen LogP contribution in [-0.2, 0) is 21.9 Å². The van der Waals surface area contributed by atoms with Crippen LogP contribution in [-0.4, -0.2) is 41.7 Å². The summed E-state index contributed by atoms with van der Waals surface area (Å²) in [5.41, 5.74) is 0. The van der Waals surface area contributed by atoms with Crippen LogP contribution in [0.25, 0.3) is 10.8 Å². The van der Waals surface area contributed by atoms with Gasteiger partial charge in [0.15, 0.2) is 5.82 Å². The second kappa shape index (κ2) is 6.75. The van der Waals surface area contributed by atoms with E-state index in [1.54, 1.807) is 54.6 Å². The van der Waals surface area contributed by atoms with E-state index in [0.29, 0.717) is 30.6 Å². The van der Waals surface area contributed by atoms with Crippen molar-refractivity contribution in [1.82, 2.24) is 19.5 Å². The van der Waals surface area contributed by atoms with Gasteiger partial charge in [-0.05, 0) is 25.0 Å². The Kier molecular flexibility index (Phi) is 4.40. The van der Waals surface area contributed by atoms with Crippen molar-refractivity contribution >= 4 is 32.5 Å². The molecule has 3 heterocycles. The van der Waals surface area contributed by atoms with Gasteiger partial charge in [0.25, 0.3) is 0 Å². The number of hydrogen-bond acceptors (Lipinski definition) is 5. The van der Waals surface area contributed by atoms with Gasteiger partial charge in [0, 0.05) is 49.0 Å². The van der Waals surface area contributed by atoms with Crippen molar-refractivity contribution in [2.24, 2.45) is 7.05 Å². The first-order valence-electron chi connectivity index (χ1n) is 8.62. The van der Waals surface area contributed by atoms with Crippen LogP contribution in [0.1, 0.15) is 12.8 Å². The average molecular weight is 385 g/mol. The van der Waals surface area contributed by atoms with E-state index < -0.39 is 16.1 Å². The molecule has 0 aliphatic carbocycles. The highest BCUT2D eigenvalue weighted by molar-refractivity contribution is 7.89. The fourth-order valence-corrected chi connectivity index (χ4v) is 4.79. The number of fused-ring (bicyclic) bond motifs is 1. The van der Waals surface area contributed by atoms with Crippen molar-refractivity contribution < 1.29 is 13.2 Å². The molecule has 3 aromatic rings. The molecule has 1 atom stereocenters. The highest BCUT2D eigenvalue weighted by Crippen LogP contribution is 2.24. The molecule has 1 fully saturated rings. The number of piperidine rings is 1. The minimum atomic E-state index is -3.87. The van der Waals surface area contributed by atoms with E-state index in [9.17, 15) is 13.2 Å². The molecule has 1 N–H and O–H groups in total. The number of aryl methyl sites for hydroxylation is 1. The molecule has 2 aromatic heterocycles. The minimum absolute atomic E-state index is 0.144. The fourth-order valence-electron chi connectivity index (χ4n) is 3.34. The minimum Gasteiger partial charge on any atom is -0.294 e. The Bertz CT molecular complexity index is 1100. The largest absolute Gasteiger partial charge is 0.294 e. The number of aromatic nitrogens is 3. The lowest BCUT2D eigenvalue weighted by Crippen LogP contribution is -2.52. The molecular weight excluding hydrogens is 366 g/mol. The molecule has 0 bridgehead atoms. The zero-order valence-corrected chi connectivity index (χ0v) is 15.6. The molecule has 1 aliphatic heterocycles. The maximum Gasteiger partial charge on any atom is 0.246 e. The monoisotopic (exact) mass is 385 g/mol. The van der Waals surface area contributed by atoms with Crippen LogP contribution in [0.3, 0.4) is 0 Å². The van der Waals surface area contributed by atoms with Gasteiger partial charge in [-0.1, -0.05) is 12.1 Å². The van der Waals surface area contributed by atoms with E-state index in [2.05, 4.69) is 14.8 Å². The van der Waals surface area contributed by atoms with Crippen LogP contribution in [0.5, 0.6) is 0 Å². The van der Waals surface area contributed by atoms with Crippen molar-refractivity contribution in [2.45, 2.75) is 23.8 Å². The van der Waals surface area contributed by atoms with Crippen LogP contribution < -0.4 is 9.62 Å². The molecule has 0 saturated carbocycles. The van der Waals surface area contributed by atoms with E-state index in [-0.39, 0.29) is 10.8 Å². The Morgan fingerprint density at radius 2 is 2.07 bits per heavy atom. The predicted octanol–water partition coefficient (Wildman–Crippen LogP) is 1.44. The zero-order valence-electron chi connectivity index (χ0n) is 14.7. The molecule has 8 nitrogen and oxygen atoms in total. The van der Waals surface area contributed by atoms with Gasteiger partial charge < -0.3 is 0 Å². The van der Waals surface area contributed by atoms with E-state index in [4.69, 9.17) is 0 Å². The number of hydrogen-bond donors (Lipinski definition) is 1. The number of nitrogens with one attached hydrogen (secondary N) is 1. The Morgan fingerprint density at radius 1 is 1.22 bits per heavy atom. The van der Waals surface area contributed by atoms with Gasteiger partial charge in [0.1, 0.15) is 6.04 Å². The lowest BCUT2D eigenvalue weighted by molar-refractivity contribution is -0.121. The van der Waals surface area contributed by atoms with Crippen LogP contribution in [0, 0.1) is 0 Å². The van der Waals surface area contributed by atoms with E-state index in [1.807, 2.05) is 0 Å². The first kappa shape index (κ1) is 17.6. The van der Waals surface area contributed by atoms with Crippen LogP contribution in [0.2, 0.25) is 0 Å². The number of amides is 1. The summed E-state index contributed by atoms with van der Waals surface area (Å²) >= 11 is 0. The highest BCUT2D eigenvalue weighted by atomic mass is 32.2. The fraction of sp³-hybridized carbons (Fsp3) is 0.278. The Labute approximate surface area is 156 Å². The SMILES string of the molecule is Cn1ccc(N2CCCC(NS(=O)(=O)c3cccc4cnccc34)C2=O)n1. The molecule has 1 amide bonds. The molecule has 0 spiro atoms. The van der Waals surface area contributed by atoms with Crippen molar-refractivity contribution in [3.8, 4) is 0 Å². The molecule has 27 heavy (non-hydrogen) atoms. The number of nitrogens with zero attached hydrogens (tertiary/aromatic N) is 4. The Hall–Kier alpha value is -2.78. The zero-order chi connectivity index (χ0) is 19.0. The number of benzene rings is 1. The second-order valence-electron chi connectivity index (χ2n) is 6.51. The quantitative estimate of drug-likeness (QED) is 0.733. The van der Waals surface area contributed by atoms with E-state index in [0.717, 1.165) is 5.39 Å². The van der Waals surface area contributed by atoms with E-state index in [1.165, 1.54) is 11.0 Å². The maximum absolute atomic E-state index is 13.0. The summed E-state index contributed by atoms with van der Waals surface area (Å²) in [6.07, 6.45) is 6.06. The molecule has 0 radical (unpaired) electrons. The summed E-state index contributed by atoms with van der Waals surface area (Å²) in [5, 5.41) is 5.55. The van der Waals surface area contributed by atoms with Gasteiger partial charge in [-0.15, -0.1) is 0 Å². The molecule has 9 heteroatoms. The third-order valence-corrected chi connectivity index (χ3v) is 6.17. The lowest BCUT2D eigenvalue weighted by Gasteiger charge is -2.31. The number of rotatable bonds is 4. The van der Waals surface area contributed by atoms with Crippen LogP contribution in [0.4, 0.5) is 5.82 Å². The third kappa shape index (κ3) is 3.31. The summed E-state index contributed by atoms with van der Waals surface area (Å²) in [7, 11) is -2.10. The standard InChI is InChI=1S/C18H19N5O3S/c1-22-11-8-17(20-22)23-10-3-5-15(18(23)24)21-27(25,26)16-6-2-4-13-12-19-9-7-14(13)16/h2,4,6-9,11-12,15,21H,3,5,10H2,1H3. The van der Waals surface area contributed by atoms with Crippen LogP contribution >= 0.6 is 0 Å². The first-order valence-corrected chi connectivity index (χ1v) is 10.1. The molecule has 1 unspecified atom stereocenters. The normalized spacial score (nSPS) is 18.2. The Balaban J connectivity index is 1.63. The number of carbonyl (C=O) groups is 1. The van der Waals surface area contributed by atoms with Gasteiger partial charge in [-0.25, -0.2) is 8.42 Å². The first-order chi connectivity index (χ1) is 13.0. The third-order valence-electron chi connectivity index (χ3n) is 4.64. The second-order valence-corrected chi connectivity index (χ2v) is 8.19. The topological polar surface area (TPSA) is 97.2 Å². The van der Waals surface area contributed by atoms with Crippen molar-refractivity contribution in [2.75, 3.05) is 11.4 Å². The van der Waals surface area contributed by atoms with Crippen LogP contribution in [0.15, 0.2) is 53.8 Å². The number of pyridine rings is 1. The Morgan fingerprint density at radius 3 is 2.85 bits per heavy atom. The van der Waals surface area contributed by atoms with Gasteiger partial charge in [0.05, 0.1) is 4.90 Å². The number of carbonyl (C=O) groups excluding carboxylic acids is 1. The number of sulfonamides is 1. The van der Waals surface area contributed by atoms with Gasteiger partial charge in [-0.3, -0.25) is 19.4 Å². The lowest BCUT2D eigenvalue weighted by atomic mass is 10.1. The predicted molar refractivity (Wildman–Crippen MR) is 101 cm³/mol. The summed E-state index contributed by atoms with van der Waals surface area (Å²) in [4.78, 5) is 18.5. The van der Waals surface area contributed by atoms with Crippen molar-refractivity contribution in [3.63, 3.8) is 0 Å². The molecular formula is C18H19N5O3S. The number of anilines is 1. The molecule has 1 aromatic carbocycles. The maximum atomic E-state index is 13.0. The molecule has 140 valence electrons.